The van der Waals surface area contributed by atoms with E-state index in [1.807, 2.05) is 0 Å². The van der Waals surface area contributed by atoms with Gasteiger partial charge in [-0.2, -0.15) is 0 Å². The molecule has 2 heteroatoms. The van der Waals surface area contributed by atoms with Crippen LogP contribution in [0.4, 0.5) is 0 Å². The SMILES string of the molecule is Cc1cccc(C)c1C(CN)N1CCC(C)CC1. The summed E-state index contributed by atoms with van der Waals surface area (Å²) in [7, 11) is 0. The fourth-order valence-corrected chi connectivity index (χ4v) is 3.14. The van der Waals surface area contributed by atoms with Crippen LogP contribution in [-0.4, -0.2) is 24.5 Å². The topological polar surface area (TPSA) is 29.3 Å². The van der Waals surface area contributed by atoms with Crippen molar-refractivity contribution >= 4 is 0 Å². The van der Waals surface area contributed by atoms with E-state index >= 15 is 0 Å². The van der Waals surface area contributed by atoms with Crippen molar-refractivity contribution in [3.63, 3.8) is 0 Å². The molecule has 1 saturated heterocycles. The van der Waals surface area contributed by atoms with Gasteiger partial charge in [0, 0.05) is 12.6 Å². The molecular weight excluding hydrogens is 220 g/mol. The maximum atomic E-state index is 6.07. The van der Waals surface area contributed by atoms with Crippen LogP contribution in [0.5, 0.6) is 0 Å². The quantitative estimate of drug-likeness (QED) is 0.888. The lowest BCUT2D eigenvalue weighted by atomic mass is 9.91. The Morgan fingerprint density at radius 1 is 1.22 bits per heavy atom. The average Bonchev–Trinajstić information content (AvgIpc) is 2.35. The van der Waals surface area contributed by atoms with Crippen LogP contribution < -0.4 is 5.73 Å². The van der Waals surface area contributed by atoms with Crippen LogP contribution in [0.2, 0.25) is 0 Å². The lowest BCUT2D eigenvalue weighted by molar-refractivity contribution is 0.140. The summed E-state index contributed by atoms with van der Waals surface area (Å²) in [5.74, 6) is 0.873. The molecule has 0 amide bonds. The summed E-state index contributed by atoms with van der Waals surface area (Å²) >= 11 is 0. The summed E-state index contributed by atoms with van der Waals surface area (Å²) in [6, 6.07) is 6.95. The van der Waals surface area contributed by atoms with Gasteiger partial charge in [0.15, 0.2) is 0 Å². The van der Waals surface area contributed by atoms with Crippen LogP contribution in [0.1, 0.15) is 42.5 Å². The minimum Gasteiger partial charge on any atom is -0.329 e. The summed E-state index contributed by atoms with van der Waals surface area (Å²) in [6.45, 7) is 9.87. The van der Waals surface area contributed by atoms with Crippen LogP contribution >= 0.6 is 0 Å². The molecule has 2 N–H and O–H groups in total. The minimum atomic E-state index is 0.402. The highest BCUT2D eigenvalue weighted by Gasteiger charge is 2.25. The molecule has 0 saturated carbocycles. The summed E-state index contributed by atoms with van der Waals surface area (Å²) in [4.78, 5) is 2.58. The van der Waals surface area contributed by atoms with E-state index in [2.05, 4.69) is 43.9 Å². The molecule has 2 rings (SSSR count). The maximum absolute atomic E-state index is 6.07. The highest BCUT2D eigenvalue weighted by Crippen LogP contribution is 2.29. The van der Waals surface area contributed by atoms with E-state index < -0.39 is 0 Å². The van der Waals surface area contributed by atoms with Gasteiger partial charge in [-0.15, -0.1) is 0 Å². The molecule has 0 aliphatic carbocycles. The Hall–Kier alpha value is -0.860. The van der Waals surface area contributed by atoms with Crippen LogP contribution in [0.3, 0.4) is 0 Å². The van der Waals surface area contributed by atoms with E-state index in [0.717, 1.165) is 12.5 Å². The number of benzene rings is 1. The van der Waals surface area contributed by atoms with Gasteiger partial charge in [-0.1, -0.05) is 25.1 Å². The van der Waals surface area contributed by atoms with Gasteiger partial charge in [-0.3, -0.25) is 4.90 Å². The Labute approximate surface area is 111 Å². The maximum Gasteiger partial charge on any atom is 0.0475 e. The van der Waals surface area contributed by atoms with Crippen molar-refractivity contribution in [2.24, 2.45) is 11.7 Å². The van der Waals surface area contributed by atoms with Crippen molar-refractivity contribution in [2.45, 2.75) is 39.7 Å². The second-order valence-electron chi connectivity index (χ2n) is 5.78. The Bertz CT molecular complexity index is 372. The largest absolute Gasteiger partial charge is 0.329 e. The van der Waals surface area contributed by atoms with Crippen LogP contribution in [0, 0.1) is 19.8 Å². The molecule has 1 aromatic carbocycles. The first-order valence-electron chi connectivity index (χ1n) is 7.13. The number of hydrogen-bond donors (Lipinski definition) is 1. The highest BCUT2D eigenvalue weighted by atomic mass is 15.2. The summed E-state index contributed by atoms with van der Waals surface area (Å²) in [6.07, 6.45) is 2.61. The first-order chi connectivity index (χ1) is 8.63. The van der Waals surface area contributed by atoms with Crippen LogP contribution in [-0.2, 0) is 0 Å². The molecule has 1 aliphatic rings. The second kappa shape index (κ2) is 5.85. The number of likely N-dealkylation sites (tertiary alicyclic amines) is 1. The van der Waals surface area contributed by atoms with Crippen molar-refractivity contribution in [2.75, 3.05) is 19.6 Å². The molecule has 0 bridgehead atoms. The number of nitrogens with two attached hydrogens (primary N) is 1. The third kappa shape index (κ3) is 2.76. The van der Waals surface area contributed by atoms with E-state index in [4.69, 9.17) is 5.73 Å². The molecular formula is C16H26N2. The standard InChI is InChI=1S/C16H26N2/c1-12-7-9-18(10-8-12)15(11-17)16-13(2)5-4-6-14(16)3/h4-6,12,15H,7-11,17H2,1-3H3. The van der Waals surface area contributed by atoms with Gasteiger partial charge in [0.25, 0.3) is 0 Å². The van der Waals surface area contributed by atoms with Crippen LogP contribution in [0.15, 0.2) is 18.2 Å². The minimum absolute atomic E-state index is 0.402. The predicted octanol–water partition coefficient (Wildman–Crippen LogP) is 3.04. The molecule has 1 aromatic rings. The predicted molar refractivity (Wildman–Crippen MR) is 77.7 cm³/mol. The molecule has 0 spiro atoms. The monoisotopic (exact) mass is 246 g/mol. The molecule has 1 unspecified atom stereocenters. The van der Waals surface area contributed by atoms with Gasteiger partial charge in [-0.25, -0.2) is 0 Å². The lowest BCUT2D eigenvalue weighted by Crippen LogP contribution is -2.40. The van der Waals surface area contributed by atoms with Crippen molar-refractivity contribution in [3.05, 3.63) is 34.9 Å². The molecule has 100 valence electrons. The normalized spacial score (nSPS) is 20.0. The van der Waals surface area contributed by atoms with Gasteiger partial charge >= 0.3 is 0 Å². The van der Waals surface area contributed by atoms with E-state index in [1.54, 1.807) is 0 Å². The molecule has 1 aliphatic heterocycles. The third-order valence-corrected chi connectivity index (χ3v) is 4.36. The molecule has 1 heterocycles. The second-order valence-corrected chi connectivity index (χ2v) is 5.78. The smallest absolute Gasteiger partial charge is 0.0475 e. The Morgan fingerprint density at radius 2 is 1.78 bits per heavy atom. The molecule has 2 nitrogen and oxygen atoms in total. The first kappa shape index (κ1) is 13.6. The van der Waals surface area contributed by atoms with Gasteiger partial charge in [0.2, 0.25) is 0 Å². The van der Waals surface area contributed by atoms with Gasteiger partial charge in [0.1, 0.15) is 0 Å². The van der Waals surface area contributed by atoms with E-state index in [9.17, 15) is 0 Å². The zero-order chi connectivity index (χ0) is 13.1. The number of piperidine rings is 1. The Balaban J connectivity index is 2.23. The first-order valence-corrected chi connectivity index (χ1v) is 7.13. The van der Waals surface area contributed by atoms with Gasteiger partial charge in [0.05, 0.1) is 0 Å². The highest BCUT2D eigenvalue weighted by molar-refractivity contribution is 5.36. The van der Waals surface area contributed by atoms with Crippen LogP contribution in [0.25, 0.3) is 0 Å². The number of rotatable bonds is 3. The molecule has 1 atom stereocenters. The van der Waals surface area contributed by atoms with Crippen molar-refractivity contribution in [1.82, 2.24) is 4.90 Å². The number of hydrogen-bond acceptors (Lipinski definition) is 2. The van der Waals surface area contributed by atoms with E-state index in [0.29, 0.717) is 6.04 Å². The summed E-state index contributed by atoms with van der Waals surface area (Å²) in [5, 5.41) is 0. The Morgan fingerprint density at radius 3 is 2.28 bits per heavy atom. The molecule has 1 fully saturated rings. The Kier molecular flexibility index (Phi) is 4.41. The van der Waals surface area contributed by atoms with Crippen molar-refractivity contribution < 1.29 is 0 Å². The van der Waals surface area contributed by atoms with Crippen molar-refractivity contribution in [1.29, 1.82) is 0 Å². The zero-order valence-electron chi connectivity index (χ0n) is 11.9. The lowest BCUT2D eigenvalue weighted by Gasteiger charge is -2.37. The fourth-order valence-electron chi connectivity index (χ4n) is 3.14. The number of nitrogens with zero attached hydrogens (tertiary/aromatic N) is 1. The summed E-state index contributed by atoms with van der Waals surface area (Å²) in [5.41, 5.74) is 10.3. The molecule has 18 heavy (non-hydrogen) atoms. The fraction of sp³-hybridized carbons (Fsp3) is 0.625. The average molecular weight is 246 g/mol. The zero-order valence-corrected chi connectivity index (χ0v) is 11.9. The molecule has 0 aromatic heterocycles. The summed E-state index contributed by atoms with van der Waals surface area (Å²) < 4.78 is 0. The van der Waals surface area contributed by atoms with E-state index in [1.165, 1.54) is 42.6 Å². The van der Waals surface area contributed by atoms with E-state index in [-0.39, 0.29) is 0 Å². The third-order valence-electron chi connectivity index (χ3n) is 4.36. The van der Waals surface area contributed by atoms with Gasteiger partial charge in [-0.05, 0) is 62.4 Å². The molecule has 0 radical (unpaired) electrons. The van der Waals surface area contributed by atoms with Gasteiger partial charge < -0.3 is 5.73 Å². The number of aryl methyl sites for hydroxylation is 2. The van der Waals surface area contributed by atoms with Crippen molar-refractivity contribution in [3.8, 4) is 0 Å².